The van der Waals surface area contributed by atoms with Crippen LogP contribution in [0.2, 0.25) is 0 Å². The second-order valence-corrected chi connectivity index (χ2v) is 14.6. The van der Waals surface area contributed by atoms with Crippen LogP contribution < -0.4 is 16.0 Å². The van der Waals surface area contributed by atoms with Crippen LogP contribution in [0.4, 0.5) is 0 Å². The van der Waals surface area contributed by atoms with Gasteiger partial charge < -0.3 is 26.2 Å². The van der Waals surface area contributed by atoms with Gasteiger partial charge in [0.2, 0.25) is 5.91 Å². The summed E-state index contributed by atoms with van der Waals surface area (Å²) in [4.78, 5) is 20.1. The van der Waals surface area contributed by atoms with Gasteiger partial charge >= 0.3 is 0 Å². The van der Waals surface area contributed by atoms with E-state index in [2.05, 4.69) is 48.6 Å². The Hall–Kier alpha value is -1.21. The van der Waals surface area contributed by atoms with E-state index in [9.17, 15) is 15.0 Å². The molecule has 8 nitrogen and oxygen atoms in total. The van der Waals surface area contributed by atoms with Crippen molar-refractivity contribution in [2.45, 2.75) is 116 Å². The molecule has 1 amide bonds. The molecule has 6 aliphatic rings. The van der Waals surface area contributed by atoms with Crippen LogP contribution in [0.1, 0.15) is 85.5 Å². The third-order valence-electron chi connectivity index (χ3n) is 11.6. The number of amides is 1. The number of nitrogens with one attached hydrogen (secondary N) is 3. The fraction of sp³-hybridized carbons (Fsp3) is 0.909. The maximum atomic E-state index is 13.9. The van der Waals surface area contributed by atoms with Crippen molar-refractivity contribution >= 4 is 5.91 Å². The van der Waals surface area contributed by atoms with Crippen molar-refractivity contribution in [2.24, 2.45) is 40.9 Å². The summed E-state index contributed by atoms with van der Waals surface area (Å²) in [5, 5.41) is 33.1. The Balaban J connectivity index is 1.17. The van der Waals surface area contributed by atoms with Gasteiger partial charge in [-0.3, -0.25) is 9.63 Å². The van der Waals surface area contributed by atoms with Crippen molar-refractivity contribution in [1.29, 1.82) is 0 Å². The Morgan fingerprint density at radius 2 is 2.00 bits per heavy atom. The lowest BCUT2D eigenvalue weighted by atomic mass is 9.45. The number of hydrogen-bond acceptors (Lipinski definition) is 7. The molecular formula is C33H56N4O4. The van der Waals surface area contributed by atoms with E-state index in [-0.39, 0.29) is 18.6 Å². The Bertz CT molecular complexity index is 941. The van der Waals surface area contributed by atoms with E-state index in [0.29, 0.717) is 47.6 Å². The first-order valence-electron chi connectivity index (χ1n) is 16.6. The van der Waals surface area contributed by atoms with Gasteiger partial charge in [-0.05, 0) is 87.5 Å². The predicted octanol–water partition coefficient (Wildman–Crippen LogP) is 2.69. The summed E-state index contributed by atoms with van der Waals surface area (Å²) in [5.41, 5.74) is 0.357. The van der Waals surface area contributed by atoms with E-state index >= 15 is 0 Å². The number of carbonyl (C=O) groups excluding carboxylic acids is 1. The van der Waals surface area contributed by atoms with E-state index in [1.165, 1.54) is 25.7 Å². The molecule has 41 heavy (non-hydrogen) atoms. The van der Waals surface area contributed by atoms with Crippen molar-refractivity contribution < 1.29 is 19.8 Å². The van der Waals surface area contributed by atoms with Crippen LogP contribution in [-0.4, -0.2) is 84.3 Å². The van der Waals surface area contributed by atoms with Crippen LogP contribution in [0.25, 0.3) is 0 Å². The molecule has 6 rings (SSSR count). The number of rotatable bonds is 9. The summed E-state index contributed by atoms with van der Waals surface area (Å²) in [6, 6.07) is 0.123. The minimum absolute atomic E-state index is 0.0616. The van der Waals surface area contributed by atoms with Gasteiger partial charge in [0.1, 0.15) is 12.1 Å². The summed E-state index contributed by atoms with van der Waals surface area (Å²) in [7, 11) is 0. The van der Waals surface area contributed by atoms with Gasteiger partial charge in [-0.15, -0.1) is 0 Å². The summed E-state index contributed by atoms with van der Waals surface area (Å²) < 4.78 is 0. The van der Waals surface area contributed by atoms with Gasteiger partial charge in [0.05, 0.1) is 19.3 Å². The molecule has 8 heteroatoms. The quantitative estimate of drug-likeness (QED) is 0.214. The van der Waals surface area contributed by atoms with Crippen molar-refractivity contribution in [1.82, 2.24) is 21.0 Å². The van der Waals surface area contributed by atoms with Gasteiger partial charge in [-0.25, -0.2) is 0 Å². The molecule has 0 radical (unpaired) electrons. The molecule has 4 unspecified atom stereocenters. The normalized spacial score (nSPS) is 41.1. The first kappa shape index (κ1) is 31.2. The van der Waals surface area contributed by atoms with Gasteiger partial charge in [-0.2, -0.15) is 5.06 Å². The number of hydrogen-bond donors (Lipinski definition) is 5. The first-order valence-corrected chi connectivity index (χ1v) is 16.6. The number of carbonyl (C=O) groups is 1. The van der Waals surface area contributed by atoms with Crippen molar-refractivity contribution in [2.75, 3.05) is 32.8 Å². The lowest BCUT2D eigenvalue weighted by molar-refractivity contribution is -0.184. The van der Waals surface area contributed by atoms with Gasteiger partial charge in [0, 0.05) is 37.0 Å². The second kappa shape index (κ2) is 13.6. The van der Waals surface area contributed by atoms with Gasteiger partial charge in [0.15, 0.2) is 0 Å². The van der Waals surface area contributed by atoms with Crippen LogP contribution in [0.3, 0.4) is 0 Å². The molecular weight excluding hydrogens is 516 g/mol. The molecule has 4 aliphatic carbocycles. The zero-order chi connectivity index (χ0) is 29.1. The Morgan fingerprint density at radius 3 is 2.68 bits per heavy atom. The maximum Gasteiger partial charge on any atom is 0.240 e. The second-order valence-electron chi connectivity index (χ2n) is 14.6. The number of fused-ring (bicyclic) bond motifs is 2. The number of piperidine rings is 1. The zero-order valence-corrected chi connectivity index (χ0v) is 25.9. The summed E-state index contributed by atoms with van der Waals surface area (Å²) >= 11 is 0. The summed E-state index contributed by atoms with van der Waals surface area (Å²) in [6.07, 6.45) is 9.10. The highest BCUT2D eigenvalue weighted by Gasteiger charge is 2.57. The molecule has 2 bridgehead atoms. The molecule has 232 valence electrons. The minimum Gasteiger partial charge on any atom is -0.394 e. The van der Waals surface area contributed by atoms with E-state index < -0.39 is 24.2 Å². The van der Waals surface area contributed by atoms with E-state index in [1.54, 1.807) is 6.92 Å². The van der Waals surface area contributed by atoms with Crippen LogP contribution in [0.5, 0.6) is 0 Å². The molecule has 0 aromatic rings. The number of aliphatic hydroxyl groups excluding tert-OH is 2. The highest BCUT2D eigenvalue weighted by molar-refractivity contribution is 5.82. The average Bonchev–Trinajstić information content (AvgIpc) is 3.33. The molecule has 2 heterocycles. The zero-order valence-electron chi connectivity index (χ0n) is 25.9. The van der Waals surface area contributed by atoms with E-state index in [4.69, 9.17) is 4.84 Å². The molecule has 5 N–H and O–H groups in total. The van der Waals surface area contributed by atoms with Crippen LogP contribution in [0, 0.1) is 52.8 Å². The minimum atomic E-state index is -0.759. The van der Waals surface area contributed by atoms with E-state index in [1.807, 2.05) is 5.06 Å². The lowest BCUT2D eigenvalue weighted by Gasteiger charge is -2.62. The number of aliphatic hydroxyl groups is 2. The van der Waals surface area contributed by atoms with Crippen LogP contribution in [0.15, 0.2) is 0 Å². The van der Waals surface area contributed by atoms with Crippen molar-refractivity contribution in [3.05, 3.63) is 0 Å². The SMILES string of the molecule is C[C@@H]1[C@@H](NC(=O)[C@@H]2C([C@H](C)O)[C@H](CO)ON2CC2CCCC(C#CCNCC3CCCCN3)C2)C[C@H]2C[C@@H]1C2(C)C. The number of hydroxylamine groups is 2. The predicted molar refractivity (Wildman–Crippen MR) is 160 cm³/mol. The molecule has 0 spiro atoms. The highest BCUT2D eigenvalue weighted by atomic mass is 16.7. The molecule has 2 saturated heterocycles. The fourth-order valence-electron chi connectivity index (χ4n) is 8.95. The van der Waals surface area contributed by atoms with Crippen LogP contribution >= 0.6 is 0 Å². The van der Waals surface area contributed by atoms with Crippen molar-refractivity contribution in [3.8, 4) is 11.8 Å². The smallest absolute Gasteiger partial charge is 0.240 e. The summed E-state index contributed by atoms with van der Waals surface area (Å²) in [5.74, 6) is 8.81. The molecule has 11 atom stereocenters. The standard InChI is InChI=1S/C33H56N4O4/c1-21-27-16-25(33(27,3)4)17-28(21)36-32(40)31-30(22(2)39)29(20-38)41-37(31)19-24-10-7-9-23(15-24)11-8-13-34-18-26-12-5-6-14-35-26/h21-31,34-35,38-39H,5-7,9-10,12-20H2,1-4H3,(H,36,40)/t21-,22-,23?,24?,25+,26?,27-,28-,29-,30?,31-/m0/s1. The molecule has 4 saturated carbocycles. The molecule has 0 aromatic carbocycles. The average molecular weight is 573 g/mol. The monoisotopic (exact) mass is 572 g/mol. The third-order valence-corrected chi connectivity index (χ3v) is 11.6. The first-order chi connectivity index (χ1) is 19.7. The molecule has 0 aromatic heterocycles. The maximum absolute atomic E-state index is 13.9. The van der Waals surface area contributed by atoms with E-state index in [0.717, 1.165) is 51.7 Å². The fourth-order valence-corrected chi connectivity index (χ4v) is 8.95. The van der Waals surface area contributed by atoms with Gasteiger partial charge in [0.25, 0.3) is 0 Å². The Labute approximate surface area is 248 Å². The Morgan fingerprint density at radius 1 is 1.17 bits per heavy atom. The largest absolute Gasteiger partial charge is 0.394 e. The lowest BCUT2D eigenvalue weighted by Crippen LogP contribution is -2.62. The third kappa shape index (κ3) is 6.97. The van der Waals surface area contributed by atoms with Gasteiger partial charge in [-0.1, -0.05) is 45.5 Å². The topological polar surface area (TPSA) is 106 Å². The Kier molecular flexibility index (Phi) is 10.4. The molecule has 6 fully saturated rings. The summed E-state index contributed by atoms with van der Waals surface area (Å²) in [6.45, 7) is 12.0. The molecule has 2 aliphatic heterocycles. The van der Waals surface area contributed by atoms with Crippen LogP contribution in [-0.2, 0) is 9.63 Å². The highest BCUT2D eigenvalue weighted by Crippen LogP contribution is 2.61. The number of nitrogens with zero attached hydrogens (tertiary/aromatic N) is 1. The van der Waals surface area contributed by atoms with Crippen molar-refractivity contribution in [3.63, 3.8) is 0 Å².